The molecule has 0 aromatic heterocycles. The summed E-state index contributed by atoms with van der Waals surface area (Å²) in [5, 5.41) is 3.28. The molecule has 1 heterocycles. The molecule has 1 aliphatic heterocycles. The summed E-state index contributed by atoms with van der Waals surface area (Å²) >= 11 is 0. The van der Waals surface area contributed by atoms with E-state index in [9.17, 15) is 0 Å². The van der Waals surface area contributed by atoms with Gasteiger partial charge in [-0.3, -0.25) is 0 Å². The van der Waals surface area contributed by atoms with Crippen LogP contribution in [-0.2, 0) is 0 Å². The van der Waals surface area contributed by atoms with Gasteiger partial charge in [0.2, 0.25) is 0 Å². The van der Waals surface area contributed by atoms with Crippen LogP contribution in [0, 0.1) is 11.3 Å². The number of rotatable bonds is 6. The van der Waals surface area contributed by atoms with Crippen molar-refractivity contribution < 1.29 is 0 Å². The Kier molecular flexibility index (Phi) is 5.22. The van der Waals surface area contributed by atoms with Crippen molar-refractivity contribution in [1.29, 1.82) is 0 Å². The minimum atomic E-state index is 0.369. The van der Waals surface area contributed by atoms with E-state index in [1.165, 1.54) is 32.6 Å². The molecular formula is C13H29N3. The molecule has 1 fully saturated rings. The lowest BCUT2D eigenvalue weighted by molar-refractivity contribution is 0.185. The van der Waals surface area contributed by atoms with Crippen molar-refractivity contribution in [2.45, 2.75) is 20.3 Å². The van der Waals surface area contributed by atoms with Gasteiger partial charge in [-0.15, -0.1) is 0 Å². The van der Waals surface area contributed by atoms with Gasteiger partial charge in [0, 0.05) is 26.2 Å². The molecule has 1 saturated heterocycles. The molecule has 1 unspecified atom stereocenters. The fourth-order valence-corrected chi connectivity index (χ4v) is 2.95. The monoisotopic (exact) mass is 227 g/mol. The van der Waals surface area contributed by atoms with Gasteiger partial charge < -0.3 is 15.1 Å². The lowest BCUT2D eigenvalue weighted by Gasteiger charge is -2.31. The summed E-state index contributed by atoms with van der Waals surface area (Å²) < 4.78 is 0. The Morgan fingerprint density at radius 1 is 1.44 bits per heavy atom. The Morgan fingerprint density at radius 2 is 2.12 bits per heavy atom. The van der Waals surface area contributed by atoms with Gasteiger partial charge in [-0.2, -0.15) is 0 Å². The normalized spacial score (nSPS) is 23.2. The summed E-state index contributed by atoms with van der Waals surface area (Å²) in [5.41, 5.74) is 0.369. The lowest BCUT2D eigenvalue weighted by Crippen LogP contribution is -2.40. The first-order valence-electron chi connectivity index (χ1n) is 6.44. The van der Waals surface area contributed by atoms with Gasteiger partial charge in [-0.1, -0.05) is 13.8 Å². The third-order valence-corrected chi connectivity index (χ3v) is 3.41. The number of hydrogen-bond donors (Lipinski definition) is 1. The highest BCUT2D eigenvalue weighted by molar-refractivity contribution is 4.79. The summed E-state index contributed by atoms with van der Waals surface area (Å²) in [6.07, 6.45) is 1.37. The number of nitrogens with one attached hydrogen (secondary N) is 1. The van der Waals surface area contributed by atoms with Crippen LogP contribution in [0.1, 0.15) is 20.3 Å². The second-order valence-corrected chi connectivity index (χ2v) is 6.31. The molecule has 0 saturated carbocycles. The Balaban J connectivity index is 2.27. The lowest BCUT2D eigenvalue weighted by atomic mass is 9.92. The average molecular weight is 227 g/mol. The van der Waals surface area contributed by atoms with E-state index in [0.29, 0.717) is 5.41 Å². The van der Waals surface area contributed by atoms with E-state index < -0.39 is 0 Å². The van der Waals surface area contributed by atoms with Gasteiger partial charge in [0.25, 0.3) is 0 Å². The standard InChI is InChI=1S/C13H29N3/c1-13(2,10-14-3)11-16(5)9-12-6-7-15(4)8-12/h12,14H,6-11H2,1-5H3. The molecule has 16 heavy (non-hydrogen) atoms. The predicted octanol–water partition coefficient (Wildman–Crippen LogP) is 1.12. The Morgan fingerprint density at radius 3 is 2.62 bits per heavy atom. The van der Waals surface area contributed by atoms with E-state index in [1.54, 1.807) is 0 Å². The molecule has 3 nitrogen and oxygen atoms in total. The zero-order valence-corrected chi connectivity index (χ0v) is 11.7. The zero-order valence-electron chi connectivity index (χ0n) is 11.7. The summed E-state index contributed by atoms with van der Waals surface area (Å²) in [4.78, 5) is 4.94. The van der Waals surface area contributed by atoms with Crippen LogP contribution < -0.4 is 5.32 Å². The average Bonchev–Trinajstić information content (AvgIpc) is 2.49. The van der Waals surface area contributed by atoms with Gasteiger partial charge >= 0.3 is 0 Å². The van der Waals surface area contributed by atoms with Gasteiger partial charge in [0.15, 0.2) is 0 Å². The van der Waals surface area contributed by atoms with E-state index in [0.717, 1.165) is 12.5 Å². The first-order valence-corrected chi connectivity index (χ1v) is 6.44. The first-order chi connectivity index (χ1) is 7.43. The quantitative estimate of drug-likeness (QED) is 0.733. The topological polar surface area (TPSA) is 18.5 Å². The van der Waals surface area contributed by atoms with Crippen LogP contribution in [-0.4, -0.2) is 63.7 Å². The maximum Gasteiger partial charge on any atom is 0.00419 e. The summed E-state index contributed by atoms with van der Waals surface area (Å²) in [7, 11) is 6.52. The fourth-order valence-electron chi connectivity index (χ4n) is 2.95. The van der Waals surface area contributed by atoms with Crippen molar-refractivity contribution in [2.24, 2.45) is 11.3 Å². The molecule has 0 aromatic carbocycles. The van der Waals surface area contributed by atoms with E-state index >= 15 is 0 Å². The third kappa shape index (κ3) is 4.81. The highest BCUT2D eigenvalue weighted by Crippen LogP contribution is 2.19. The van der Waals surface area contributed by atoms with Crippen LogP contribution in [0.2, 0.25) is 0 Å². The predicted molar refractivity (Wildman–Crippen MR) is 70.8 cm³/mol. The number of hydrogen-bond acceptors (Lipinski definition) is 3. The molecule has 1 atom stereocenters. The molecule has 0 aromatic rings. The molecule has 96 valence electrons. The molecule has 1 N–H and O–H groups in total. The molecule has 1 aliphatic rings. The van der Waals surface area contributed by atoms with E-state index in [1.807, 2.05) is 7.05 Å². The van der Waals surface area contributed by atoms with Crippen molar-refractivity contribution in [3.05, 3.63) is 0 Å². The maximum absolute atomic E-state index is 3.28. The van der Waals surface area contributed by atoms with Crippen LogP contribution in [0.15, 0.2) is 0 Å². The summed E-state index contributed by atoms with van der Waals surface area (Å²) in [6, 6.07) is 0. The number of nitrogens with zero attached hydrogens (tertiary/aromatic N) is 2. The van der Waals surface area contributed by atoms with Crippen LogP contribution in [0.5, 0.6) is 0 Å². The van der Waals surface area contributed by atoms with E-state index in [2.05, 4.69) is 43.1 Å². The largest absolute Gasteiger partial charge is 0.319 e. The third-order valence-electron chi connectivity index (χ3n) is 3.41. The molecule has 0 aliphatic carbocycles. The van der Waals surface area contributed by atoms with Gasteiger partial charge in [-0.25, -0.2) is 0 Å². The van der Waals surface area contributed by atoms with Crippen molar-refractivity contribution in [3.63, 3.8) is 0 Å². The highest BCUT2D eigenvalue weighted by Gasteiger charge is 2.24. The Labute approximate surface area is 101 Å². The summed E-state index contributed by atoms with van der Waals surface area (Å²) in [6.45, 7) is 10.7. The van der Waals surface area contributed by atoms with Gasteiger partial charge in [0.05, 0.1) is 0 Å². The molecular weight excluding hydrogens is 198 g/mol. The number of likely N-dealkylation sites (tertiary alicyclic amines) is 1. The second kappa shape index (κ2) is 5.99. The van der Waals surface area contributed by atoms with E-state index in [-0.39, 0.29) is 0 Å². The molecule has 0 spiro atoms. The van der Waals surface area contributed by atoms with Crippen LogP contribution in [0.4, 0.5) is 0 Å². The minimum absolute atomic E-state index is 0.369. The molecule has 0 amide bonds. The van der Waals surface area contributed by atoms with Crippen LogP contribution >= 0.6 is 0 Å². The molecule has 0 bridgehead atoms. The Hall–Kier alpha value is -0.120. The molecule has 3 heteroatoms. The van der Waals surface area contributed by atoms with Crippen LogP contribution in [0.25, 0.3) is 0 Å². The molecule has 0 radical (unpaired) electrons. The highest BCUT2D eigenvalue weighted by atomic mass is 15.2. The second-order valence-electron chi connectivity index (χ2n) is 6.31. The SMILES string of the molecule is CNCC(C)(C)CN(C)CC1CCN(C)C1. The van der Waals surface area contributed by atoms with Crippen molar-refractivity contribution >= 4 is 0 Å². The zero-order chi connectivity index (χ0) is 12.2. The van der Waals surface area contributed by atoms with Crippen molar-refractivity contribution in [3.8, 4) is 0 Å². The van der Waals surface area contributed by atoms with Crippen molar-refractivity contribution in [2.75, 3.05) is 53.9 Å². The Bertz CT molecular complexity index is 203. The van der Waals surface area contributed by atoms with Gasteiger partial charge in [0.1, 0.15) is 0 Å². The van der Waals surface area contributed by atoms with Crippen molar-refractivity contribution in [1.82, 2.24) is 15.1 Å². The smallest absolute Gasteiger partial charge is 0.00419 e. The minimum Gasteiger partial charge on any atom is -0.319 e. The molecule has 1 rings (SSSR count). The first kappa shape index (κ1) is 13.9. The maximum atomic E-state index is 3.28. The fraction of sp³-hybridized carbons (Fsp3) is 1.00. The van der Waals surface area contributed by atoms with Crippen LogP contribution in [0.3, 0.4) is 0 Å². The summed E-state index contributed by atoms with van der Waals surface area (Å²) in [5.74, 6) is 0.875. The van der Waals surface area contributed by atoms with Gasteiger partial charge in [-0.05, 0) is 45.4 Å². The van der Waals surface area contributed by atoms with E-state index in [4.69, 9.17) is 0 Å².